The molecule has 2 aromatic rings. The van der Waals surface area contributed by atoms with Crippen molar-refractivity contribution in [2.45, 2.75) is 103 Å². The van der Waals surface area contributed by atoms with Crippen LogP contribution in [0.1, 0.15) is 78.0 Å². The number of rotatable bonds is 4. The van der Waals surface area contributed by atoms with E-state index in [-0.39, 0.29) is 35.4 Å². The number of aryl methyl sites for hydroxylation is 1. The third-order valence-corrected chi connectivity index (χ3v) is 10.2. The highest BCUT2D eigenvalue weighted by Crippen LogP contribution is 2.44. The zero-order valence-corrected chi connectivity index (χ0v) is 27.8. The van der Waals surface area contributed by atoms with Gasteiger partial charge < -0.3 is 39.1 Å². The molecule has 45 heavy (non-hydrogen) atoms. The van der Waals surface area contributed by atoms with Crippen molar-refractivity contribution in [2.75, 3.05) is 20.3 Å². The number of carbonyl (C=O) groups is 1. The van der Waals surface area contributed by atoms with Crippen LogP contribution < -0.4 is 20.8 Å². The van der Waals surface area contributed by atoms with E-state index in [1.165, 1.54) is 16.8 Å². The van der Waals surface area contributed by atoms with Gasteiger partial charge in [0.25, 0.3) is 0 Å². The van der Waals surface area contributed by atoms with E-state index in [2.05, 4.69) is 68.7 Å². The summed E-state index contributed by atoms with van der Waals surface area (Å²) in [5.41, 5.74) is 7.89. The van der Waals surface area contributed by atoms with Crippen molar-refractivity contribution in [1.82, 2.24) is 15.5 Å². The molecule has 2 aromatic carbocycles. The van der Waals surface area contributed by atoms with Gasteiger partial charge in [0.05, 0.1) is 29.5 Å². The molecule has 5 aliphatic rings. The summed E-state index contributed by atoms with van der Waals surface area (Å²) in [6.45, 7) is 15.8. The molecule has 7 rings (SSSR count). The zero-order chi connectivity index (χ0) is 31.9. The first kappa shape index (κ1) is 30.4. The predicted octanol–water partition coefficient (Wildman–Crippen LogP) is 4.95. The van der Waals surface area contributed by atoms with Crippen LogP contribution in [0.5, 0.6) is 5.75 Å². The molecular weight excluding hydrogens is 569 g/mol. The van der Waals surface area contributed by atoms with Crippen LogP contribution in [-0.4, -0.2) is 67.4 Å². The average molecular weight is 616 g/mol. The van der Waals surface area contributed by atoms with Gasteiger partial charge in [0, 0.05) is 36.4 Å². The van der Waals surface area contributed by atoms with Crippen LogP contribution in [0, 0.1) is 5.92 Å². The summed E-state index contributed by atoms with van der Waals surface area (Å²) in [6, 6.07) is 10.9. The summed E-state index contributed by atoms with van der Waals surface area (Å²) in [4.78, 5) is 15.1. The minimum absolute atomic E-state index is 0.0621. The van der Waals surface area contributed by atoms with E-state index in [9.17, 15) is 4.79 Å². The second kappa shape index (κ2) is 10.7. The first-order valence-electron chi connectivity index (χ1n) is 16.3. The summed E-state index contributed by atoms with van der Waals surface area (Å²) in [7, 11) is 1.31. The topological polar surface area (TPSA) is 90.5 Å². The lowest BCUT2D eigenvalue weighted by Crippen LogP contribution is -2.52. The van der Waals surface area contributed by atoms with Crippen LogP contribution in [-0.2, 0) is 31.8 Å². The molecule has 0 bridgehead atoms. The summed E-state index contributed by atoms with van der Waals surface area (Å²) >= 11 is 0. The Bertz CT molecular complexity index is 1550. The highest BCUT2D eigenvalue weighted by Gasteiger charge is 2.52. The van der Waals surface area contributed by atoms with Gasteiger partial charge in [-0.1, -0.05) is 18.2 Å². The van der Waals surface area contributed by atoms with Crippen molar-refractivity contribution in [3.63, 3.8) is 0 Å². The summed E-state index contributed by atoms with van der Waals surface area (Å²) < 4.78 is 30.3. The molecule has 0 aromatic heterocycles. The number of nitrogens with one attached hydrogen (secondary N) is 2. The first-order chi connectivity index (χ1) is 21.2. The number of hydrogen-bond donors (Lipinski definition) is 2. The zero-order valence-electron chi connectivity index (χ0n) is 27.8. The molecule has 240 valence electrons. The van der Waals surface area contributed by atoms with Crippen LogP contribution in [0.2, 0.25) is 0 Å². The third-order valence-electron chi connectivity index (χ3n) is 10.2. The smallest absolute Gasteiger partial charge is 0.488 e. The second-order valence-electron chi connectivity index (χ2n) is 15.2. The molecule has 4 heterocycles. The van der Waals surface area contributed by atoms with Crippen LogP contribution >= 0.6 is 0 Å². The molecule has 0 radical (unpaired) electrons. The number of nitrogens with zero attached hydrogens (tertiary/aromatic N) is 1. The highest BCUT2D eigenvalue weighted by atomic mass is 16.7. The van der Waals surface area contributed by atoms with Crippen LogP contribution in [0.15, 0.2) is 36.0 Å². The van der Waals surface area contributed by atoms with E-state index >= 15 is 0 Å². The lowest BCUT2D eigenvalue weighted by atomic mass is 9.76. The Labute approximate surface area is 267 Å². The SMILES string of the molecule is COC[C@H]1C[C@@H](C2NC3=C(N2)c2cc4c(cc2CC3)-c2ccc(B3OC(C)(C)C(C)(C)O3)cc2CO4)N(C(=O)OC(C)(C)C)C1. The van der Waals surface area contributed by atoms with Gasteiger partial charge in [-0.2, -0.15) is 0 Å². The molecule has 2 saturated heterocycles. The maximum atomic E-state index is 13.3. The lowest BCUT2D eigenvalue weighted by molar-refractivity contribution is 0.00578. The number of likely N-dealkylation sites (tertiary alicyclic amines) is 1. The van der Waals surface area contributed by atoms with Crippen molar-refractivity contribution in [3.05, 3.63) is 52.7 Å². The van der Waals surface area contributed by atoms with Gasteiger partial charge in [-0.3, -0.25) is 0 Å². The molecule has 10 heteroatoms. The Morgan fingerprint density at radius 2 is 1.76 bits per heavy atom. The monoisotopic (exact) mass is 615 g/mol. The fourth-order valence-electron chi connectivity index (χ4n) is 7.26. The van der Waals surface area contributed by atoms with E-state index in [1.807, 2.05) is 25.7 Å². The molecular formula is C35H46BN3O6. The predicted molar refractivity (Wildman–Crippen MR) is 174 cm³/mol. The molecule has 1 unspecified atom stereocenters. The van der Waals surface area contributed by atoms with Gasteiger partial charge in [0.2, 0.25) is 0 Å². The molecule has 0 saturated carbocycles. The Balaban J connectivity index is 1.12. The molecule has 9 nitrogen and oxygen atoms in total. The number of fused-ring (bicyclic) bond motifs is 5. The number of amides is 1. The largest absolute Gasteiger partial charge is 0.494 e. The van der Waals surface area contributed by atoms with E-state index in [1.54, 1.807) is 7.11 Å². The quantitative estimate of drug-likeness (QED) is 0.468. The number of carbonyl (C=O) groups excluding carboxylic acids is 1. The molecule has 1 amide bonds. The third kappa shape index (κ3) is 5.38. The minimum atomic E-state index is -0.556. The van der Waals surface area contributed by atoms with Gasteiger partial charge in [0.1, 0.15) is 24.1 Å². The molecule has 4 aliphatic heterocycles. The normalized spacial score (nSPS) is 25.9. The molecule has 1 aliphatic carbocycles. The van der Waals surface area contributed by atoms with Gasteiger partial charge in [-0.25, -0.2) is 4.79 Å². The van der Waals surface area contributed by atoms with Gasteiger partial charge in [-0.05, 0) is 102 Å². The number of benzene rings is 2. The molecule has 3 atom stereocenters. The van der Waals surface area contributed by atoms with E-state index < -0.39 is 12.7 Å². The van der Waals surface area contributed by atoms with E-state index in [0.29, 0.717) is 19.8 Å². The number of methoxy groups -OCH3 is 1. The van der Waals surface area contributed by atoms with Crippen LogP contribution in [0.3, 0.4) is 0 Å². The number of ether oxygens (including phenoxy) is 3. The van der Waals surface area contributed by atoms with Crippen molar-refractivity contribution >= 4 is 24.4 Å². The maximum Gasteiger partial charge on any atom is 0.494 e. The van der Waals surface area contributed by atoms with Crippen LogP contribution in [0.4, 0.5) is 4.79 Å². The Hall–Kier alpha value is -3.21. The van der Waals surface area contributed by atoms with Crippen molar-refractivity contribution in [3.8, 4) is 16.9 Å². The van der Waals surface area contributed by atoms with Crippen molar-refractivity contribution in [1.29, 1.82) is 0 Å². The summed E-state index contributed by atoms with van der Waals surface area (Å²) in [5.74, 6) is 1.15. The first-order valence-corrected chi connectivity index (χ1v) is 16.3. The van der Waals surface area contributed by atoms with E-state index in [0.717, 1.165) is 52.9 Å². The van der Waals surface area contributed by atoms with E-state index in [4.69, 9.17) is 23.5 Å². The lowest BCUT2D eigenvalue weighted by Gasteiger charge is -2.32. The highest BCUT2D eigenvalue weighted by molar-refractivity contribution is 6.62. The standard InChI is InChI=1S/C35H46BN3O6/c1-33(2,3)43-32(40)39-17-20(18-41-8)13-28(39)31-37-27-12-9-21-15-26-24-11-10-23(36-44-34(4,5)35(6,7)45-36)14-22(24)19-42-29(26)16-25(21)30(27)38-31/h10-11,14-16,20,28,31,37-38H,9,12-13,17-19H2,1-8H3/t20-,28-,31?/m0/s1. The maximum absolute atomic E-state index is 13.3. The summed E-state index contributed by atoms with van der Waals surface area (Å²) in [6.07, 6.45) is 2.28. The van der Waals surface area contributed by atoms with Gasteiger partial charge in [0.15, 0.2) is 0 Å². The van der Waals surface area contributed by atoms with Crippen molar-refractivity contribution in [2.24, 2.45) is 5.92 Å². The molecule has 2 fully saturated rings. The Kier molecular flexibility index (Phi) is 7.22. The number of allylic oxidation sites excluding steroid dienone is 1. The van der Waals surface area contributed by atoms with Gasteiger partial charge in [-0.15, -0.1) is 0 Å². The fraction of sp³-hybridized carbons (Fsp3) is 0.571. The molecule has 0 spiro atoms. The average Bonchev–Trinajstić information content (AvgIpc) is 3.64. The molecule has 2 N–H and O–H groups in total. The Morgan fingerprint density at radius 1 is 1.00 bits per heavy atom. The van der Waals surface area contributed by atoms with Crippen LogP contribution in [0.25, 0.3) is 16.8 Å². The summed E-state index contributed by atoms with van der Waals surface area (Å²) in [5, 5.41) is 7.51. The van der Waals surface area contributed by atoms with Gasteiger partial charge >= 0.3 is 13.2 Å². The second-order valence-corrected chi connectivity index (χ2v) is 15.2. The minimum Gasteiger partial charge on any atom is -0.488 e. The van der Waals surface area contributed by atoms with Crippen molar-refractivity contribution < 1.29 is 28.3 Å². The fourth-order valence-corrected chi connectivity index (χ4v) is 7.26. The number of hydrogen-bond acceptors (Lipinski definition) is 8. The Morgan fingerprint density at radius 3 is 2.47 bits per heavy atom.